The highest BCUT2D eigenvalue weighted by molar-refractivity contribution is 5.86. The van der Waals surface area contributed by atoms with E-state index in [4.69, 9.17) is 4.74 Å². The largest absolute Gasteiger partial charge is 0.489 e. The van der Waals surface area contributed by atoms with Crippen molar-refractivity contribution < 1.29 is 18.8 Å². The van der Waals surface area contributed by atoms with Crippen LogP contribution in [0.2, 0.25) is 0 Å². The topological polar surface area (TPSA) is 49.9 Å². The van der Waals surface area contributed by atoms with Crippen LogP contribution in [-0.4, -0.2) is 60.5 Å². The van der Waals surface area contributed by atoms with Crippen LogP contribution in [0.25, 0.3) is 0 Å². The second-order valence-electron chi connectivity index (χ2n) is 9.71. The van der Waals surface area contributed by atoms with Gasteiger partial charge in [-0.2, -0.15) is 4.48 Å². The molecule has 0 atom stereocenters. The van der Waals surface area contributed by atoms with Crippen LogP contribution in [0.15, 0.2) is 48.5 Å². The third-order valence-corrected chi connectivity index (χ3v) is 6.72. The molecule has 6 heteroatoms. The van der Waals surface area contributed by atoms with Gasteiger partial charge in [-0.25, -0.2) is 9.59 Å². The molecule has 0 N–H and O–H groups in total. The number of amides is 2. The lowest BCUT2D eigenvalue weighted by atomic mass is 10.0. The number of carbonyl (C=O) groups is 2. The smallest absolute Gasteiger partial charge is 0.321 e. The number of likely N-dealkylation sites (tertiary alicyclic amines) is 1. The molecule has 0 saturated carbocycles. The molecule has 2 saturated heterocycles. The normalized spacial score (nSPS) is 19.2. The summed E-state index contributed by atoms with van der Waals surface area (Å²) in [5, 5.41) is 0. The number of benzene rings is 2. The van der Waals surface area contributed by atoms with Crippen LogP contribution < -0.4 is 9.64 Å². The predicted molar refractivity (Wildman–Crippen MR) is 130 cm³/mol. The molecule has 2 aromatic carbocycles. The Balaban J connectivity index is 1.37. The van der Waals surface area contributed by atoms with Gasteiger partial charge in [-0.05, 0) is 44.0 Å². The molecule has 176 valence electrons. The van der Waals surface area contributed by atoms with E-state index in [1.165, 1.54) is 11.3 Å². The van der Waals surface area contributed by atoms with E-state index in [0.29, 0.717) is 25.8 Å². The molecule has 0 aromatic heterocycles. The number of ether oxygens (including phenoxy) is 1. The zero-order chi connectivity index (χ0) is 23.4. The first-order valence-electron chi connectivity index (χ1n) is 12.1. The molecule has 0 unspecified atom stereocenters. The molecule has 33 heavy (non-hydrogen) atoms. The quantitative estimate of drug-likeness (QED) is 0.472. The van der Waals surface area contributed by atoms with Crippen molar-refractivity contribution in [2.45, 2.75) is 52.3 Å². The van der Waals surface area contributed by atoms with E-state index < -0.39 is 0 Å². The number of hydrogen-bond donors (Lipinski definition) is 0. The van der Waals surface area contributed by atoms with Crippen LogP contribution in [0.4, 0.5) is 5.69 Å². The van der Waals surface area contributed by atoms with Crippen molar-refractivity contribution in [3.8, 4) is 5.75 Å². The van der Waals surface area contributed by atoms with E-state index in [9.17, 15) is 9.59 Å². The molecular weight excluding hydrogens is 414 g/mol. The molecule has 2 aromatic rings. The molecule has 0 aliphatic carbocycles. The van der Waals surface area contributed by atoms with Gasteiger partial charge in [0.15, 0.2) is 0 Å². The molecule has 2 fully saturated rings. The first kappa shape index (κ1) is 23.5. The van der Waals surface area contributed by atoms with Gasteiger partial charge in [-0.1, -0.05) is 30.3 Å². The minimum absolute atomic E-state index is 0.0366. The minimum Gasteiger partial charge on any atom is -0.489 e. The van der Waals surface area contributed by atoms with Gasteiger partial charge in [-0.3, -0.25) is 4.90 Å². The summed E-state index contributed by atoms with van der Waals surface area (Å²) in [6, 6.07) is 16.7. The first-order chi connectivity index (χ1) is 15.8. The molecule has 0 spiro atoms. The van der Waals surface area contributed by atoms with Gasteiger partial charge in [0, 0.05) is 38.3 Å². The second-order valence-corrected chi connectivity index (χ2v) is 9.71. The van der Waals surface area contributed by atoms with Crippen molar-refractivity contribution in [1.29, 1.82) is 0 Å². The molecule has 6 nitrogen and oxygen atoms in total. The molecule has 2 aliphatic rings. The Morgan fingerprint density at radius 2 is 1.58 bits per heavy atom. The number of hydrogen-bond acceptors (Lipinski definition) is 5. The van der Waals surface area contributed by atoms with Crippen LogP contribution in [0.3, 0.4) is 0 Å². The molecule has 0 radical (unpaired) electrons. The summed E-state index contributed by atoms with van der Waals surface area (Å²) in [6.07, 6.45) is 1.83. The van der Waals surface area contributed by atoms with Crippen molar-refractivity contribution in [3.05, 3.63) is 59.7 Å². The number of piperidine rings is 1. The van der Waals surface area contributed by atoms with Crippen molar-refractivity contribution >= 4 is 17.5 Å². The lowest BCUT2D eigenvalue weighted by Gasteiger charge is -2.37. The second kappa shape index (κ2) is 10.1. The molecule has 0 bridgehead atoms. The summed E-state index contributed by atoms with van der Waals surface area (Å²) in [5.41, 5.74) is 3.45. The summed E-state index contributed by atoms with van der Waals surface area (Å²) in [4.78, 5) is 29.9. The Labute approximate surface area is 197 Å². The number of rotatable bonds is 7. The van der Waals surface area contributed by atoms with E-state index in [1.54, 1.807) is 7.05 Å². The van der Waals surface area contributed by atoms with Gasteiger partial charge < -0.3 is 9.64 Å². The summed E-state index contributed by atoms with van der Waals surface area (Å²) < 4.78 is 5.92. The van der Waals surface area contributed by atoms with Crippen LogP contribution in [-0.2, 0) is 22.7 Å². The lowest BCUT2D eigenvalue weighted by molar-refractivity contribution is -0.774. The van der Waals surface area contributed by atoms with E-state index in [2.05, 4.69) is 47.9 Å². The average molecular weight is 451 g/mol. The number of carbonyl (C=O) groups excluding carboxylic acids is 2. The van der Waals surface area contributed by atoms with Crippen LogP contribution in [0, 0.1) is 0 Å². The summed E-state index contributed by atoms with van der Waals surface area (Å²) >= 11 is 0. The Bertz CT molecular complexity index is 980. The van der Waals surface area contributed by atoms with E-state index >= 15 is 0 Å². The van der Waals surface area contributed by atoms with Gasteiger partial charge in [0.1, 0.15) is 12.3 Å². The van der Waals surface area contributed by atoms with Crippen molar-refractivity contribution in [3.63, 3.8) is 0 Å². The van der Waals surface area contributed by atoms with Gasteiger partial charge in [0.2, 0.25) is 0 Å². The Hall–Kier alpha value is -2.70. The maximum absolute atomic E-state index is 12.5. The average Bonchev–Trinajstić information content (AvgIpc) is 2.79. The first-order valence-corrected chi connectivity index (χ1v) is 12.1. The molecule has 4 rings (SSSR count). The van der Waals surface area contributed by atoms with Crippen molar-refractivity contribution in [1.82, 2.24) is 4.90 Å². The fourth-order valence-corrected chi connectivity index (χ4v) is 4.87. The van der Waals surface area contributed by atoms with Gasteiger partial charge in [0.05, 0.1) is 31.7 Å². The van der Waals surface area contributed by atoms with Crippen molar-refractivity contribution in [2.75, 3.05) is 38.1 Å². The van der Waals surface area contributed by atoms with Crippen LogP contribution in [0.1, 0.15) is 44.2 Å². The lowest BCUT2D eigenvalue weighted by Crippen LogP contribution is -2.55. The van der Waals surface area contributed by atoms with E-state index in [0.717, 1.165) is 44.0 Å². The zero-order valence-electron chi connectivity index (χ0n) is 20.1. The highest BCUT2D eigenvalue weighted by Gasteiger charge is 2.42. The van der Waals surface area contributed by atoms with E-state index in [-0.39, 0.29) is 22.4 Å². The van der Waals surface area contributed by atoms with Gasteiger partial charge >= 0.3 is 11.8 Å². The molecule has 2 heterocycles. The van der Waals surface area contributed by atoms with Crippen LogP contribution >= 0.6 is 0 Å². The number of quaternary nitrogens is 1. The standard InChI is InChI=1S/C27H36N3O3/c1-21(2)33-25-11-5-4-10-24(25)29-16-14-28(15-17-29)19-22-8-6-9-23(18-22)20-30(3)26(31)12-7-13-27(30)32/h4-6,8-11,18,21H,7,12-17,19-20H2,1-3H3/q+1. The SMILES string of the molecule is CC(C)Oc1ccccc1N1CCN(Cc2cccc(C[N+]3(C)C(=O)CCCC3=O)c2)CC1. The molecule has 2 amide bonds. The summed E-state index contributed by atoms with van der Waals surface area (Å²) in [5.74, 6) is 1.02. The number of anilines is 1. The Morgan fingerprint density at radius 3 is 2.27 bits per heavy atom. The monoisotopic (exact) mass is 450 g/mol. The Kier molecular flexibility index (Phi) is 7.15. The van der Waals surface area contributed by atoms with Crippen LogP contribution in [0.5, 0.6) is 5.75 Å². The molecular formula is C27H36N3O3+. The minimum atomic E-state index is -0.0972. The van der Waals surface area contributed by atoms with Gasteiger partial charge in [0.25, 0.3) is 0 Å². The zero-order valence-corrected chi connectivity index (χ0v) is 20.1. The number of nitrogens with zero attached hydrogens (tertiary/aromatic N) is 3. The number of piperazine rings is 1. The third-order valence-electron chi connectivity index (χ3n) is 6.72. The predicted octanol–water partition coefficient (Wildman–Crippen LogP) is 3.98. The Morgan fingerprint density at radius 1 is 0.909 bits per heavy atom. The van der Waals surface area contributed by atoms with Crippen molar-refractivity contribution in [2.24, 2.45) is 0 Å². The van der Waals surface area contributed by atoms with Gasteiger partial charge in [-0.15, -0.1) is 0 Å². The number of imide groups is 1. The molecule has 2 aliphatic heterocycles. The highest BCUT2D eigenvalue weighted by Crippen LogP contribution is 2.30. The highest BCUT2D eigenvalue weighted by atomic mass is 16.5. The maximum atomic E-state index is 12.5. The maximum Gasteiger partial charge on any atom is 0.321 e. The summed E-state index contributed by atoms with van der Waals surface area (Å²) in [6.45, 7) is 9.30. The fourth-order valence-electron chi connectivity index (χ4n) is 4.87. The fraction of sp³-hybridized carbons (Fsp3) is 0.481. The van der Waals surface area contributed by atoms with E-state index in [1.807, 2.05) is 24.3 Å². The third kappa shape index (κ3) is 5.45. The number of para-hydroxylation sites is 2. The summed E-state index contributed by atoms with van der Waals surface area (Å²) in [7, 11) is 1.77.